The molecule has 1 N–H and O–H groups in total. The zero-order valence-electron chi connectivity index (χ0n) is 8.26. The Morgan fingerprint density at radius 3 is 2.67 bits per heavy atom. The van der Waals surface area contributed by atoms with Crippen molar-refractivity contribution in [2.45, 2.75) is 6.54 Å². The van der Waals surface area contributed by atoms with Gasteiger partial charge in [-0.3, -0.25) is 4.90 Å². The predicted octanol–water partition coefficient (Wildman–Crippen LogP) is 1.15. The van der Waals surface area contributed by atoms with Crippen LogP contribution in [0.1, 0.15) is 16.1 Å². The summed E-state index contributed by atoms with van der Waals surface area (Å²) >= 11 is 0. The van der Waals surface area contributed by atoms with E-state index in [1.165, 1.54) is 0 Å². The molecule has 0 spiro atoms. The Hall–Kier alpha value is -1.68. The fraction of sp³-hybridized carbons (Fsp3) is 0.273. The molecule has 1 aromatic heterocycles. The van der Waals surface area contributed by atoms with Crippen molar-refractivity contribution in [1.29, 1.82) is 0 Å². The van der Waals surface area contributed by atoms with Crippen LogP contribution in [0.2, 0.25) is 0 Å². The third-order valence-corrected chi connectivity index (χ3v) is 2.34. The van der Waals surface area contributed by atoms with Crippen LogP contribution in [0.25, 0.3) is 0 Å². The van der Waals surface area contributed by atoms with Crippen LogP contribution in [0.4, 0.5) is 0 Å². The molecule has 1 aromatic rings. The Bertz CT molecular complexity index is 376. The van der Waals surface area contributed by atoms with Gasteiger partial charge in [0.15, 0.2) is 0 Å². The van der Waals surface area contributed by atoms with E-state index in [0.29, 0.717) is 0 Å². The van der Waals surface area contributed by atoms with Gasteiger partial charge in [0.05, 0.1) is 0 Å². The SMILES string of the molecule is O=C(O)c1ccc(CN2CC=CC2)cn1. The standard InChI is InChI=1S/C11H12N2O2/c14-11(15)10-4-3-9(7-12-10)8-13-5-1-2-6-13/h1-4,7H,5-6,8H2,(H,14,15). The molecule has 0 aromatic carbocycles. The van der Waals surface area contributed by atoms with Crippen LogP contribution in [-0.2, 0) is 6.54 Å². The third-order valence-electron chi connectivity index (χ3n) is 2.34. The summed E-state index contributed by atoms with van der Waals surface area (Å²) in [6, 6.07) is 3.36. The minimum absolute atomic E-state index is 0.0956. The van der Waals surface area contributed by atoms with Crippen molar-refractivity contribution < 1.29 is 9.90 Å². The predicted molar refractivity (Wildman–Crippen MR) is 55.6 cm³/mol. The van der Waals surface area contributed by atoms with E-state index in [9.17, 15) is 4.79 Å². The third kappa shape index (κ3) is 2.41. The topological polar surface area (TPSA) is 53.4 Å². The molecule has 0 aliphatic carbocycles. The number of rotatable bonds is 3. The summed E-state index contributed by atoms with van der Waals surface area (Å²) in [6.07, 6.45) is 5.87. The van der Waals surface area contributed by atoms with Crippen LogP contribution in [0, 0.1) is 0 Å². The van der Waals surface area contributed by atoms with E-state index in [4.69, 9.17) is 5.11 Å². The van der Waals surface area contributed by atoms with Crippen LogP contribution in [-0.4, -0.2) is 34.0 Å². The van der Waals surface area contributed by atoms with Gasteiger partial charge in [0.2, 0.25) is 0 Å². The average molecular weight is 204 g/mol. The highest BCUT2D eigenvalue weighted by Gasteiger charge is 2.08. The fourth-order valence-corrected chi connectivity index (χ4v) is 1.55. The molecular weight excluding hydrogens is 192 g/mol. The summed E-state index contributed by atoms with van der Waals surface area (Å²) in [5.74, 6) is -0.982. The summed E-state index contributed by atoms with van der Waals surface area (Å²) in [5, 5.41) is 8.68. The summed E-state index contributed by atoms with van der Waals surface area (Å²) in [6.45, 7) is 2.74. The lowest BCUT2D eigenvalue weighted by Gasteiger charge is -2.13. The Labute approximate surface area is 87.9 Å². The molecule has 0 atom stereocenters. The molecule has 0 amide bonds. The molecule has 0 unspecified atom stereocenters. The van der Waals surface area contributed by atoms with E-state index in [0.717, 1.165) is 25.2 Å². The first-order valence-corrected chi connectivity index (χ1v) is 4.81. The number of carboxylic acids is 1. The number of hydrogen-bond donors (Lipinski definition) is 1. The molecule has 0 saturated heterocycles. The van der Waals surface area contributed by atoms with Gasteiger partial charge in [0.25, 0.3) is 0 Å². The van der Waals surface area contributed by atoms with Crippen LogP contribution in [0.3, 0.4) is 0 Å². The van der Waals surface area contributed by atoms with Gasteiger partial charge in [-0.2, -0.15) is 0 Å². The van der Waals surface area contributed by atoms with Gasteiger partial charge >= 0.3 is 5.97 Å². The molecule has 4 heteroatoms. The highest BCUT2D eigenvalue weighted by Crippen LogP contribution is 2.07. The van der Waals surface area contributed by atoms with Crippen LogP contribution >= 0.6 is 0 Å². The van der Waals surface area contributed by atoms with E-state index in [2.05, 4.69) is 22.0 Å². The Kier molecular flexibility index (Phi) is 2.78. The minimum Gasteiger partial charge on any atom is -0.477 e. The molecule has 78 valence electrons. The molecule has 0 radical (unpaired) electrons. The van der Waals surface area contributed by atoms with Crippen molar-refractivity contribution in [3.8, 4) is 0 Å². The molecule has 1 aliphatic rings. The molecular formula is C11H12N2O2. The van der Waals surface area contributed by atoms with E-state index < -0.39 is 5.97 Å². The highest BCUT2D eigenvalue weighted by atomic mass is 16.4. The number of pyridine rings is 1. The quantitative estimate of drug-likeness (QED) is 0.750. The zero-order chi connectivity index (χ0) is 10.7. The van der Waals surface area contributed by atoms with Crippen molar-refractivity contribution in [3.05, 3.63) is 41.7 Å². The first-order chi connectivity index (χ1) is 7.25. The second kappa shape index (κ2) is 4.23. The van der Waals surface area contributed by atoms with Gasteiger partial charge in [-0.1, -0.05) is 18.2 Å². The number of carboxylic acid groups (broad SMARTS) is 1. The first-order valence-electron chi connectivity index (χ1n) is 4.81. The largest absolute Gasteiger partial charge is 0.477 e. The Morgan fingerprint density at radius 2 is 2.13 bits per heavy atom. The van der Waals surface area contributed by atoms with E-state index in [1.807, 2.05) is 6.07 Å². The lowest BCUT2D eigenvalue weighted by atomic mass is 10.2. The summed E-state index contributed by atoms with van der Waals surface area (Å²) in [4.78, 5) is 16.7. The van der Waals surface area contributed by atoms with Gasteiger partial charge in [0, 0.05) is 25.8 Å². The van der Waals surface area contributed by atoms with Crippen LogP contribution < -0.4 is 0 Å². The monoisotopic (exact) mass is 204 g/mol. The second-order valence-electron chi connectivity index (χ2n) is 3.52. The van der Waals surface area contributed by atoms with Crippen LogP contribution in [0.5, 0.6) is 0 Å². The van der Waals surface area contributed by atoms with Crippen molar-refractivity contribution in [1.82, 2.24) is 9.88 Å². The van der Waals surface area contributed by atoms with Gasteiger partial charge in [-0.15, -0.1) is 0 Å². The number of hydrogen-bond acceptors (Lipinski definition) is 3. The maximum atomic E-state index is 10.6. The van der Waals surface area contributed by atoms with Crippen molar-refractivity contribution >= 4 is 5.97 Å². The molecule has 4 nitrogen and oxygen atoms in total. The molecule has 2 heterocycles. The van der Waals surface area contributed by atoms with E-state index in [-0.39, 0.29) is 5.69 Å². The molecule has 15 heavy (non-hydrogen) atoms. The Balaban J connectivity index is 2.00. The van der Waals surface area contributed by atoms with Gasteiger partial charge in [-0.05, 0) is 11.6 Å². The average Bonchev–Trinajstić information content (AvgIpc) is 2.71. The van der Waals surface area contributed by atoms with Gasteiger partial charge in [0.1, 0.15) is 5.69 Å². The van der Waals surface area contributed by atoms with E-state index >= 15 is 0 Å². The summed E-state index contributed by atoms with van der Waals surface area (Å²) in [5.41, 5.74) is 1.14. The molecule has 0 saturated carbocycles. The second-order valence-corrected chi connectivity index (χ2v) is 3.52. The minimum atomic E-state index is -0.982. The lowest BCUT2D eigenvalue weighted by Crippen LogP contribution is -2.19. The van der Waals surface area contributed by atoms with Crippen molar-refractivity contribution in [2.75, 3.05) is 13.1 Å². The summed E-state index contributed by atoms with van der Waals surface area (Å²) in [7, 11) is 0. The van der Waals surface area contributed by atoms with Crippen molar-refractivity contribution in [2.24, 2.45) is 0 Å². The van der Waals surface area contributed by atoms with Gasteiger partial charge in [-0.25, -0.2) is 9.78 Å². The summed E-state index contributed by atoms with van der Waals surface area (Å²) < 4.78 is 0. The van der Waals surface area contributed by atoms with E-state index in [1.54, 1.807) is 12.3 Å². The maximum Gasteiger partial charge on any atom is 0.354 e. The maximum absolute atomic E-state index is 10.6. The normalized spacial score (nSPS) is 15.7. The lowest BCUT2D eigenvalue weighted by molar-refractivity contribution is 0.0690. The fourth-order valence-electron chi connectivity index (χ4n) is 1.55. The zero-order valence-corrected chi connectivity index (χ0v) is 8.26. The first kappa shape index (κ1) is 9.86. The number of carbonyl (C=O) groups is 1. The molecule has 2 rings (SSSR count). The van der Waals surface area contributed by atoms with Gasteiger partial charge < -0.3 is 5.11 Å². The molecule has 0 bridgehead atoms. The number of nitrogens with zero attached hydrogens (tertiary/aromatic N) is 2. The smallest absolute Gasteiger partial charge is 0.354 e. The van der Waals surface area contributed by atoms with Crippen LogP contribution in [0.15, 0.2) is 30.5 Å². The number of aromatic carboxylic acids is 1. The number of aromatic nitrogens is 1. The van der Waals surface area contributed by atoms with Crippen molar-refractivity contribution in [3.63, 3.8) is 0 Å². The molecule has 1 aliphatic heterocycles. The molecule has 0 fully saturated rings. The highest BCUT2D eigenvalue weighted by molar-refractivity contribution is 5.85. The Morgan fingerprint density at radius 1 is 1.40 bits per heavy atom.